The predicted molar refractivity (Wildman–Crippen MR) is 69.2 cm³/mol. The smallest absolute Gasteiger partial charge is 0.333 e. The van der Waals surface area contributed by atoms with Crippen molar-refractivity contribution in [1.29, 1.82) is 0 Å². The van der Waals surface area contributed by atoms with Gasteiger partial charge in [0.1, 0.15) is 0 Å². The Morgan fingerprint density at radius 1 is 1.00 bits per heavy atom. The minimum atomic E-state index is -0.385. The molecule has 1 aromatic carbocycles. The van der Waals surface area contributed by atoms with E-state index >= 15 is 0 Å². The molecule has 100 valence electrons. The number of carbonyl (C=O) groups excluding carboxylic acids is 3. The largest absolute Gasteiger partial charge is 0.466 e. The predicted octanol–water partition coefficient (Wildman–Crippen LogP) is 1.66. The van der Waals surface area contributed by atoms with Gasteiger partial charge in [0.2, 0.25) is 0 Å². The zero-order valence-electron chi connectivity index (χ0n) is 10.8. The van der Waals surface area contributed by atoms with E-state index in [2.05, 4.69) is 0 Å². The monoisotopic (exact) mass is 268 g/mol. The molecule has 0 spiro atoms. The van der Waals surface area contributed by atoms with Crippen molar-refractivity contribution in [2.45, 2.75) is 0 Å². The lowest BCUT2D eigenvalue weighted by molar-refractivity contribution is -0.139. The third-order valence-electron chi connectivity index (χ3n) is 4.82. The Kier molecular flexibility index (Phi) is 2.12. The summed E-state index contributed by atoms with van der Waals surface area (Å²) in [6, 6.07) is 6.94. The van der Waals surface area contributed by atoms with Crippen molar-refractivity contribution < 1.29 is 19.1 Å². The van der Waals surface area contributed by atoms with E-state index in [0.717, 1.165) is 0 Å². The quantitative estimate of drug-likeness (QED) is 0.727. The van der Waals surface area contributed by atoms with E-state index in [1.807, 2.05) is 0 Å². The molecule has 0 bridgehead atoms. The van der Waals surface area contributed by atoms with Crippen LogP contribution in [0.1, 0.15) is 20.7 Å². The first-order chi connectivity index (χ1) is 9.65. The highest BCUT2D eigenvalue weighted by Gasteiger charge is 2.65. The molecule has 3 aliphatic carbocycles. The lowest BCUT2D eigenvalue weighted by atomic mass is 9.43. The van der Waals surface area contributed by atoms with Crippen molar-refractivity contribution in [3.8, 4) is 0 Å². The highest BCUT2D eigenvalue weighted by molar-refractivity contribution is 6.18. The molecular formula is C16H12O4. The summed E-state index contributed by atoms with van der Waals surface area (Å²) in [4.78, 5) is 36.6. The third-order valence-corrected chi connectivity index (χ3v) is 4.82. The van der Waals surface area contributed by atoms with Crippen molar-refractivity contribution in [1.82, 2.24) is 0 Å². The summed E-state index contributed by atoms with van der Waals surface area (Å²) in [7, 11) is 1.33. The van der Waals surface area contributed by atoms with E-state index in [4.69, 9.17) is 4.74 Å². The second kappa shape index (κ2) is 3.66. The topological polar surface area (TPSA) is 60.4 Å². The van der Waals surface area contributed by atoms with E-state index in [0.29, 0.717) is 16.7 Å². The molecule has 4 heteroatoms. The van der Waals surface area contributed by atoms with Crippen molar-refractivity contribution in [2.24, 2.45) is 23.7 Å². The molecule has 0 N–H and O–H groups in total. The van der Waals surface area contributed by atoms with Crippen LogP contribution in [0.4, 0.5) is 0 Å². The maximum atomic E-state index is 12.5. The molecule has 0 aromatic heterocycles. The van der Waals surface area contributed by atoms with Crippen LogP contribution in [0.25, 0.3) is 0 Å². The van der Waals surface area contributed by atoms with Gasteiger partial charge >= 0.3 is 5.97 Å². The summed E-state index contributed by atoms with van der Waals surface area (Å²) in [6.45, 7) is 0. The van der Waals surface area contributed by atoms with Gasteiger partial charge in [0.15, 0.2) is 11.6 Å². The van der Waals surface area contributed by atoms with E-state index in [1.54, 1.807) is 30.3 Å². The zero-order valence-corrected chi connectivity index (χ0v) is 10.8. The van der Waals surface area contributed by atoms with Crippen molar-refractivity contribution in [3.63, 3.8) is 0 Å². The molecule has 0 heterocycles. The summed E-state index contributed by atoms with van der Waals surface area (Å²) >= 11 is 0. The Morgan fingerprint density at radius 2 is 1.60 bits per heavy atom. The number of rotatable bonds is 1. The lowest BCUT2D eigenvalue weighted by Gasteiger charge is -2.57. The van der Waals surface area contributed by atoms with Crippen LogP contribution in [0.5, 0.6) is 0 Å². The van der Waals surface area contributed by atoms with Gasteiger partial charge in [-0.1, -0.05) is 30.3 Å². The minimum Gasteiger partial charge on any atom is -0.466 e. The van der Waals surface area contributed by atoms with Crippen LogP contribution in [-0.2, 0) is 9.53 Å². The fourth-order valence-corrected chi connectivity index (χ4v) is 3.85. The fraction of sp³-hybridized carbons (Fsp3) is 0.312. The molecule has 0 amide bonds. The molecule has 0 aliphatic heterocycles. The summed E-state index contributed by atoms with van der Waals surface area (Å²) in [5.41, 5.74) is 1.57. The van der Waals surface area contributed by atoms with Gasteiger partial charge in [0.25, 0.3) is 0 Å². The highest BCUT2D eigenvalue weighted by Crippen LogP contribution is 2.61. The number of benzene rings is 1. The number of hydrogen-bond donors (Lipinski definition) is 0. The molecule has 0 radical (unpaired) electrons. The number of hydrogen-bond acceptors (Lipinski definition) is 4. The first-order valence-electron chi connectivity index (χ1n) is 6.62. The van der Waals surface area contributed by atoms with Gasteiger partial charge in [-0.3, -0.25) is 9.59 Å². The zero-order chi connectivity index (χ0) is 14.0. The molecular weight excluding hydrogens is 256 g/mol. The molecule has 3 aliphatic rings. The standard InChI is InChI=1S/C16H12O4/c1-20-16(19)10-6-9-11(10)13-12(9)14(17)7-4-2-3-5-8(7)15(13)18/h2-6,9,11-13H,1H3. The van der Waals surface area contributed by atoms with Gasteiger partial charge in [-0.25, -0.2) is 4.79 Å². The first-order valence-corrected chi connectivity index (χ1v) is 6.62. The Hall–Kier alpha value is -2.23. The molecule has 0 saturated heterocycles. The molecule has 1 fully saturated rings. The van der Waals surface area contributed by atoms with Crippen LogP contribution < -0.4 is 0 Å². The number of Topliss-reactive ketones (excluding diaryl/α,β-unsaturated/α-hetero) is 2. The van der Waals surface area contributed by atoms with Gasteiger partial charge in [-0.15, -0.1) is 0 Å². The SMILES string of the molecule is COC(=O)C1=CC2C3C(=O)c4ccccc4C(=O)C3C12. The van der Waals surface area contributed by atoms with Gasteiger partial charge in [-0.2, -0.15) is 0 Å². The molecule has 1 saturated carbocycles. The average molecular weight is 268 g/mol. The van der Waals surface area contributed by atoms with E-state index in [9.17, 15) is 14.4 Å². The second-order valence-electron chi connectivity index (χ2n) is 5.54. The lowest BCUT2D eigenvalue weighted by Crippen LogP contribution is -2.61. The van der Waals surface area contributed by atoms with Gasteiger partial charge in [-0.05, 0) is 5.92 Å². The van der Waals surface area contributed by atoms with E-state index < -0.39 is 0 Å². The highest BCUT2D eigenvalue weighted by atomic mass is 16.5. The Morgan fingerprint density at radius 3 is 2.20 bits per heavy atom. The van der Waals surface area contributed by atoms with Crippen LogP contribution >= 0.6 is 0 Å². The van der Waals surface area contributed by atoms with E-state index in [-0.39, 0.29) is 41.2 Å². The Balaban J connectivity index is 1.76. The third kappa shape index (κ3) is 1.15. The molecule has 4 unspecified atom stereocenters. The van der Waals surface area contributed by atoms with Crippen LogP contribution in [-0.4, -0.2) is 24.6 Å². The second-order valence-corrected chi connectivity index (χ2v) is 5.54. The molecule has 1 aromatic rings. The van der Waals surface area contributed by atoms with Crippen molar-refractivity contribution >= 4 is 17.5 Å². The number of fused-ring (bicyclic) bond motifs is 5. The summed E-state index contributed by atoms with van der Waals surface area (Å²) in [5, 5.41) is 0. The number of ketones is 2. The average Bonchev–Trinajstić information content (AvgIpc) is 2.45. The maximum Gasteiger partial charge on any atom is 0.333 e. The number of allylic oxidation sites excluding steroid dienone is 1. The van der Waals surface area contributed by atoms with Gasteiger partial charge in [0, 0.05) is 34.5 Å². The number of carbonyl (C=O) groups is 3. The number of ether oxygens (including phenoxy) is 1. The molecule has 4 rings (SSSR count). The number of methoxy groups -OCH3 is 1. The van der Waals surface area contributed by atoms with Crippen LogP contribution in [0.15, 0.2) is 35.9 Å². The number of esters is 1. The van der Waals surface area contributed by atoms with Crippen molar-refractivity contribution in [3.05, 3.63) is 47.0 Å². The Labute approximate surface area is 115 Å². The maximum absolute atomic E-state index is 12.5. The van der Waals surface area contributed by atoms with Crippen LogP contribution in [0, 0.1) is 23.7 Å². The summed E-state index contributed by atoms with van der Waals surface area (Å²) < 4.78 is 4.71. The first kappa shape index (κ1) is 11.6. The fourth-order valence-electron chi connectivity index (χ4n) is 3.85. The van der Waals surface area contributed by atoms with E-state index in [1.165, 1.54) is 7.11 Å². The minimum absolute atomic E-state index is 0.0130. The molecule has 20 heavy (non-hydrogen) atoms. The normalized spacial score (nSPS) is 33.0. The van der Waals surface area contributed by atoms with Gasteiger partial charge in [0.05, 0.1) is 7.11 Å². The van der Waals surface area contributed by atoms with Gasteiger partial charge < -0.3 is 4.74 Å². The van der Waals surface area contributed by atoms with Crippen LogP contribution in [0.2, 0.25) is 0 Å². The Bertz CT molecular complexity index is 700. The summed E-state index contributed by atoms with van der Waals surface area (Å²) in [6.07, 6.45) is 1.79. The summed E-state index contributed by atoms with van der Waals surface area (Å²) in [5.74, 6) is -1.12. The molecule has 4 nitrogen and oxygen atoms in total. The van der Waals surface area contributed by atoms with Crippen LogP contribution in [0.3, 0.4) is 0 Å². The van der Waals surface area contributed by atoms with Crippen molar-refractivity contribution in [2.75, 3.05) is 7.11 Å². The molecule has 4 atom stereocenters.